The van der Waals surface area contributed by atoms with Crippen LogP contribution in [0.3, 0.4) is 0 Å². The maximum absolute atomic E-state index is 12.2. The molecule has 1 saturated carbocycles. The summed E-state index contributed by atoms with van der Waals surface area (Å²) in [7, 11) is 0. The van der Waals surface area contributed by atoms with Crippen LogP contribution in [-0.4, -0.2) is 12.6 Å². The van der Waals surface area contributed by atoms with Crippen LogP contribution in [0.4, 0.5) is 0 Å². The molecule has 0 N–H and O–H groups in total. The number of ether oxygens (including phenoxy) is 1. The first kappa shape index (κ1) is 15.4. The number of rotatable bonds is 4. The molecule has 2 nitrogen and oxygen atoms in total. The molecular formula is C18H16Cl2O2. The van der Waals surface area contributed by atoms with Gasteiger partial charge in [0.15, 0.2) is 0 Å². The number of carbonyl (C=O) groups is 1. The minimum Gasteiger partial charge on any atom is -0.466 e. The van der Waals surface area contributed by atoms with Gasteiger partial charge in [-0.2, -0.15) is 0 Å². The highest BCUT2D eigenvalue weighted by molar-refractivity contribution is 6.30. The maximum Gasteiger partial charge on any atom is 0.310 e. The Morgan fingerprint density at radius 2 is 1.50 bits per heavy atom. The van der Waals surface area contributed by atoms with Gasteiger partial charge in [-0.25, -0.2) is 0 Å². The van der Waals surface area contributed by atoms with Gasteiger partial charge in [0.1, 0.15) is 0 Å². The van der Waals surface area contributed by atoms with Crippen molar-refractivity contribution in [2.24, 2.45) is 5.92 Å². The topological polar surface area (TPSA) is 26.3 Å². The highest BCUT2D eigenvalue weighted by Crippen LogP contribution is 2.59. The van der Waals surface area contributed by atoms with Crippen LogP contribution >= 0.6 is 23.2 Å². The average molecular weight is 335 g/mol. The van der Waals surface area contributed by atoms with E-state index in [-0.39, 0.29) is 17.3 Å². The van der Waals surface area contributed by atoms with Crippen molar-refractivity contribution in [1.29, 1.82) is 0 Å². The predicted molar refractivity (Wildman–Crippen MR) is 88.4 cm³/mol. The molecule has 1 aliphatic carbocycles. The lowest BCUT2D eigenvalue weighted by molar-refractivity contribution is -0.145. The lowest BCUT2D eigenvalue weighted by Gasteiger charge is -2.19. The lowest BCUT2D eigenvalue weighted by atomic mass is 9.86. The number of hydrogen-bond acceptors (Lipinski definition) is 2. The van der Waals surface area contributed by atoms with E-state index < -0.39 is 0 Å². The summed E-state index contributed by atoms with van der Waals surface area (Å²) in [5, 5.41) is 1.37. The number of esters is 1. The molecular weight excluding hydrogens is 319 g/mol. The SMILES string of the molecule is CCOC(=O)C1CC1(c1ccc(Cl)cc1)c1ccc(Cl)cc1. The molecule has 2 aromatic rings. The fraction of sp³-hybridized carbons (Fsp3) is 0.278. The second kappa shape index (κ2) is 5.94. The first-order valence-corrected chi connectivity index (χ1v) is 8.02. The van der Waals surface area contributed by atoms with E-state index in [2.05, 4.69) is 0 Å². The normalized spacial score (nSPS) is 18.8. The van der Waals surface area contributed by atoms with Crippen molar-refractivity contribution in [2.75, 3.05) is 6.61 Å². The summed E-state index contributed by atoms with van der Waals surface area (Å²) >= 11 is 12.0. The van der Waals surface area contributed by atoms with Crippen molar-refractivity contribution in [3.05, 3.63) is 69.7 Å². The minimum absolute atomic E-state index is 0.146. The summed E-state index contributed by atoms with van der Waals surface area (Å²) in [6.07, 6.45) is 0.745. The zero-order valence-electron chi connectivity index (χ0n) is 12.2. The maximum atomic E-state index is 12.2. The van der Waals surface area contributed by atoms with E-state index in [9.17, 15) is 4.79 Å². The first-order chi connectivity index (χ1) is 10.6. The van der Waals surface area contributed by atoms with Gasteiger partial charge in [-0.05, 0) is 48.7 Å². The van der Waals surface area contributed by atoms with Gasteiger partial charge in [-0.1, -0.05) is 47.5 Å². The molecule has 0 aromatic heterocycles. The van der Waals surface area contributed by atoms with Gasteiger partial charge in [-0.15, -0.1) is 0 Å². The molecule has 0 radical (unpaired) electrons. The summed E-state index contributed by atoms with van der Waals surface area (Å²) in [6.45, 7) is 2.22. The lowest BCUT2D eigenvalue weighted by Crippen LogP contribution is -2.18. The van der Waals surface area contributed by atoms with E-state index in [0.29, 0.717) is 16.7 Å². The van der Waals surface area contributed by atoms with Gasteiger partial charge in [0.2, 0.25) is 0 Å². The predicted octanol–water partition coefficient (Wildman–Crippen LogP) is 4.86. The third-order valence-corrected chi connectivity index (χ3v) is 4.75. The Kier molecular flexibility index (Phi) is 4.16. The standard InChI is InChI=1S/C18H16Cl2O2/c1-2-22-17(21)16-11-18(16,12-3-7-14(19)8-4-12)13-5-9-15(20)10-6-13/h3-10,16H,2,11H2,1H3. The molecule has 0 saturated heterocycles. The smallest absolute Gasteiger partial charge is 0.310 e. The van der Waals surface area contributed by atoms with Crippen LogP contribution in [0, 0.1) is 5.92 Å². The van der Waals surface area contributed by atoms with E-state index >= 15 is 0 Å². The largest absolute Gasteiger partial charge is 0.466 e. The van der Waals surface area contributed by atoms with Crippen LogP contribution < -0.4 is 0 Å². The van der Waals surface area contributed by atoms with E-state index in [1.54, 1.807) is 0 Å². The molecule has 0 amide bonds. The van der Waals surface area contributed by atoms with Crippen molar-refractivity contribution in [3.8, 4) is 0 Å². The Hall–Kier alpha value is -1.51. The second-order valence-corrected chi connectivity index (χ2v) is 6.37. The van der Waals surface area contributed by atoms with Crippen LogP contribution in [-0.2, 0) is 14.9 Å². The van der Waals surface area contributed by atoms with Crippen molar-refractivity contribution < 1.29 is 9.53 Å². The Morgan fingerprint density at radius 1 is 1.05 bits per heavy atom. The monoisotopic (exact) mass is 334 g/mol. The highest BCUT2D eigenvalue weighted by Gasteiger charge is 2.61. The average Bonchev–Trinajstić information content (AvgIpc) is 3.26. The zero-order chi connectivity index (χ0) is 15.7. The van der Waals surface area contributed by atoms with Crippen LogP contribution in [0.5, 0.6) is 0 Å². The van der Waals surface area contributed by atoms with E-state index in [1.165, 1.54) is 0 Å². The van der Waals surface area contributed by atoms with Gasteiger partial charge >= 0.3 is 5.97 Å². The quantitative estimate of drug-likeness (QED) is 0.746. The Labute approximate surface area is 140 Å². The summed E-state index contributed by atoms with van der Waals surface area (Å²) in [5.74, 6) is -0.304. The van der Waals surface area contributed by atoms with E-state index in [0.717, 1.165) is 17.5 Å². The molecule has 0 bridgehead atoms. The van der Waals surface area contributed by atoms with Crippen molar-refractivity contribution in [2.45, 2.75) is 18.8 Å². The molecule has 3 rings (SSSR count). The molecule has 1 unspecified atom stereocenters. The van der Waals surface area contributed by atoms with Crippen molar-refractivity contribution in [3.63, 3.8) is 0 Å². The summed E-state index contributed by atoms with van der Waals surface area (Å²) in [4.78, 5) is 12.2. The Balaban J connectivity index is 2.02. The zero-order valence-corrected chi connectivity index (χ0v) is 13.7. The van der Waals surface area contributed by atoms with Gasteiger partial charge in [0, 0.05) is 15.5 Å². The summed E-state index contributed by atoms with van der Waals surface area (Å²) < 4.78 is 5.22. The number of hydrogen-bond donors (Lipinski definition) is 0. The third kappa shape index (κ3) is 2.62. The van der Waals surface area contributed by atoms with Crippen molar-refractivity contribution >= 4 is 29.2 Å². The molecule has 1 aliphatic rings. The molecule has 0 aliphatic heterocycles. The molecule has 22 heavy (non-hydrogen) atoms. The van der Waals surface area contributed by atoms with Crippen LogP contribution in [0.25, 0.3) is 0 Å². The fourth-order valence-corrected chi connectivity index (χ4v) is 3.34. The van der Waals surface area contributed by atoms with Gasteiger partial charge in [0.05, 0.1) is 12.5 Å². The van der Waals surface area contributed by atoms with Crippen LogP contribution in [0.2, 0.25) is 10.0 Å². The molecule has 114 valence electrons. The van der Waals surface area contributed by atoms with Gasteiger partial charge in [-0.3, -0.25) is 4.79 Å². The number of benzene rings is 2. The molecule has 4 heteroatoms. The van der Waals surface area contributed by atoms with Gasteiger partial charge in [0.25, 0.3) is 0 Å². The van der Waals surface area contributed by atoms with E-state index in [1.807, 2.05) is 55.5 Å². The van der Waals surface area contributed by atoms with Crippen LogP contribution in [0.15, 0.2) is 48.5 Å². The Morgan fingerprint density at radius 3 is 1.91 bits per heavy atom. The molecule has 1 fully saturated rings. The summed E-state index contributed by atoms with van der Waals surface area (Å²) in [5.41, 5.74) is 1.83. The van der Waals surface area contributed by atoms with Crippen molar-refractivity contribution in [1.82, 2.24) is 0 Å². The van der Waals surface area contributed by atoms with E-state index in [4.69, 9.17) is 27.9 Å². The Bertz CT molecular complexity index is 632. The number of halogens is 2. The van der Waals surface area contributed by atoms with Crippen LogP contribution in [0.1, 0.15) is 24.5 Å². The second-order valence-electron chi connectivity index (χ2n) is 5.49. The minimum atomic E-state index is -0.332. The molecule has 0 spiro atoms. The summed E-state index contributed by atoms with van der Waals surface area (Å²) in [6, 6.07) is 15.4. The highest BCUT2D eigenvalue weighted by atomic mass is 35.5. The molecule has 1 atom stereocenters. The first-order valence-electron chi connectivity index (χ1n) is 7.26. The molecule has 0 heterocycles. The third-order valence-electron chi connectivity index (χ3n) is 4.25. The number of carbonyl (C=O) groups excluding carboxylic acids is 1. The fourth-order valence-electron chi connectivity index (χ4n) is 3.09. The molecule has 2 aromatic carbocycles. The van der Waals surface area contributed by atoms with Gasteiger partial charge < -0.3 is 4.74 Å².